The van der Waals surface area contributed by atoms with Gasteiger partial charge in [0.1, 0.15) is 5.75 Å². The first kappa shape index (κ1) is 14.9. The molecule has 0 saturated carbocycles. The quantitative estimate of drug-likeness (QED) is 0.771. The van der Waals surface area contributed by atoms with Crippen molar-refractivity contribution in [2.45, 2.75) is 26.2 Å². The molecule has 110 valence electrons. The molecule has 0 aliphatic rings. The minimum Gasteiger partial charge on any atom is -0.508 e. The van der Waals surface area contributed by atoms with Gasteiger partial charge in [0, 0.05) is 17.4 Å². The lowest BCUT2D eigenvalue weighted by atomic mass is 9.97. The highest BCUT2D eigenvalue weighted by Crippen LogP contribution is 2.26. The van der Waals surface area contributed by atoms with E-state index in [9.17, 15) is 9.90 Å². The van der Waals surface area contributed by atoms with Crippen molar-refractivity contribution in [1.29, 1.82) is 0 Å². The molecule has 2 rings (SSSR count). The second-order valence-corrected chi connectivity index (χ2v) is 5.03. The molecule has 0 radical (unpaired) electrons. The first-order chi connectivity index (χ1) is 10.1. The van der Waals surface area contributed by atoms with Crippen molar-refractivity contribution >= 4 is 17.4 Å². The van der Waals surface area contributed by atoms with Gasteiger partial charge in [-0.05, 0) is 36.1 Å². The van der Waals surface area contributed by atoms with Crippen molar-refractivity contribution in [2.75, 3.05) is 10.6 Å². The van der Waals surface area contributed by atoms with Gasteiger partial charge in [-0.2, -0.15) is 0 Å². The Kier molecular flexibility index (Phi) is 4.82. The van der Waals surface area contributed by atoms with Crippen LogP contribution in [0.4, 0.5) is 16.2 Å². The largest absolute Gasteiger partial charge is 0.508 e. The summed E-state index contributed by atoms with van der Waals surface area (Å²) in [5.41, 5.74) is 2.48. The molecule has 2 aromatic rings. The summed E-state index contributed by atoms with van der Waals surface area (Å²) in [6.45, 7) is 4.25. The van der Waals surface area contributed by atoms with E-state index in [0.29, 0.717) is 11.6 Å². The lowest BCUT2D eigenvalue weighted by molar-refractivity contribution is 0.262. The smallest absolute Gasteiger partial charge is 0.323 e. The highest BCUT2D eigenvalue weighted by Gasteiger charge is 2.11. The van der Waals surface area contributed by atoms with Gasteiger partial charge in [0.2, 0.25) is 0 Å². The average molecular weight is 284 g/mol. The molecule has 0 saturated heterocycles. The van der Waals surface area contributed by atoms with Crippen LogP contribution in [0.1, 0.15) is 31.7 Å². The molecule has 0 fully saturated rings. The molecule has 0 aliphatic carbocycles. The van der Waals surface area contributed by atoms with Crippen LogP contribution >= 0.6 is 0 Å². The maximum atomic E-state index is 12.1. The standard InChI is InChI=1S/C17H20N2O2/c1-3-12(2)15-9-4-5-10-16(15)19-17(21)18-13-7-6-8-14(20)11-13/h4-12,20H,3H2,1-2H3,(H2,18,19,21). The van der Waals surface area contributed by atoms with Gasteiger partial charge in [0.25, 0.3) is 0 Å². The van der Waals surface area contributed by atoms with Crippen LogP contribution in [0.15, 0.2) is 48.5 Å². The molecule has 1 unspecified atom stereocenters. The summed E-state index contributed by atoms with van der Waals surface area (Å²) >= 11 is 0. The highest BCUT2D eigenvalue weighted by atomic mass is 16.3. The molecule has 0 heterocycles. The number of benzene rings is 2. The zero-order chi connectivity index (χ0) is 15.2. The summed E-state index contributed by atoms with van der Waals surface area (Å²) in [6, 6.07) is 13.9. The number of anilines is 2. The highest BCUT2D eigenvalue weighted by molar-refractivity contribution is 6.00. The molecule has 0 aliphatic heterocycles. The van der Waals surface area contributed by atoms with Gasteiger partial charge < -0.3 is 15.7 Å². The number of urea groups is 1. The Hall–Kier alpha value is -2.49. The molecule has 0 bridgehead atoms. The number of hydrogen-bond acceptors (Lipinski definition) is 2. The third-order valence-corrected chi connectivity index (χ3v) is 3.46. The Morgan fingerprint density at radius 3 is 2.62 bits per heavy atom. The van der Waals surface area contributed by atoms with Crippen molar-refractivity contribution in [3.05, 3.63) is 54.1 Å². The van der Waals surface area contributed by atoms with E-state index < -0.39 is 0 Å². The molecule has 0 aromatic heterocycles. The monoisotopic (exact) mass is 284 g/mol. The molecule has 1 atom stereocenters. The molecule has 2 aromatic carbocycles. The van der Waals surface area contributed by atoms with Crippen LogP contribution in [-0.4, -0.2) is 11.1 Å². The van der Waals surface area contributed by atoms with Crippen LogP contribution in [-0.2, 0) is 0 Å². The van der Waals surface area contributed by atoms with Crippen molar-refractivity contribution in [3.63, 3.8) is 0 Å². The van der Waals surface area contributed by atoms with E-state index in [1.54, 1.807) is 18.2 Å². The van der Waals surface area contributed by atoms with Crippen LogP contribution in [0, 0.1) is 0 Å². The zero-order valence-electron chi connectivity index (χ0n) is 12.3. The molecule has 0 spiro atoms. The topological polar surface area (TPSA) is 61.4 Å². The third kappa shape index (κ3) is 3.99. The van der Waals surface area contributed by atoms with Crippen molar-refractivity contribution < 1.29 is 9.90 Å². The Morgan fingerprint density at radius 1 is 1.14 bits per heavy atom. The number of aromatic hydroxyl groups is 1. The fourth-order valence-electron chi connectivity index (χ4n) is 2.13. The van der Waals surface area contributed by atoms with Gasteiger partial charge in [-0.3, -0.25) is 0 Å². The van der Waals surface area contributed by atoms with E-state index in [1.165, 1.54) is 6.07 Å². The van der Waals surface area contributed by atoms with Gasteiger partial charge in [-0.1, -0.05) is 38.1 Å². The Balaban J connectivity index is 2.09. The van der Waals surface area contributed by atoms with E-state index in [-0.39, 0.29) is 11.8 Å². The number of hydrogen-bond donors (Lipinski definition) is 3. The van der Waals surface area contributed by atoms with Crippen LogP contribution < -0.4 is 10.6 Å². The summed E-state index contributed by atoms with van der Waals surface area (Å²) in [6.07, 6.45) is 1.01. The maximum Gasteiger partial charge on any atom is 0.323 e. The third-order valence-electron chi connectivity index (χ3n) is 3.46. The number of rotatable bonds is 4. The predicted molar refractivity (Wildman–Crippen MR) is 85.9 cm³/mol. The molecule has 4 nitrogen and oxygen atoms in total. The van der Waals surface area contributed by atoms with Crippen LogP contribution in [0.3, 0.4) is 0 Å². The van der Waals surface area contributed by atoms with E-state index >= 15 is 0 Å². The number of carbonyl (C=O) groups is 1. The summed E-state index contributed by atoms with van der Waals surface area (Å²) in [5.74, 6) is 0.495. The number of para-hydroxylation sites is 1. The number of phenolic OH excluding ortho intramolecular Hbond substituents is 1. The fourth-order valence-corrected chi connectivity index (χ4v) is 2.13. The van der Waals surface area contributed by atoms with E-state index in [0.717, 1.165) is 17.7 Å². The fraction of sp³-hybridized carbons (Fsp3) is 0.235. The molecule has 2 amide bonds. The van der Waals surface area contributed by atoms with E-state index in [4.69, 9.17) is 0 Å². The van der Waals surface area contributed by atoms with Gasteiger partial charge in [0.05, 0.1) is 0 Å². The normalized spacial score (nSPS) is 11.7. The Bertz CT molecular complexity index is 626. The predicted octanol–water partition coefficient (Wildman–Crippen LogP) is 4.55. The summed E-state index contributed by atoms with van der Waals surface area (Å²) in [4.78, 5) is 12.1. The number of phenols is 1. The van der Waals surface area contributed by atoms with Crippen LogP contribution in [0.2, 0.25) is 0 Å². The number of nitrogens with one attached hydrogen (secondary N) is 2. The Morgan fingerprint density at radius 2 is 1.90 bits per heavy atom. The van der Waals surface area contributed by atoms with Crippen molar-refractivity contribution in [1.82, 2.24) is 0 Å². The number of amides is 2. The van der Waals surface area contributed by atoms with Crippen molar-refractivity contribution in [3.8, 4) is 5.75 Å². The van der Waals surface area contributed by atoms with Crippen molar-refractivity contribution in [2.24, 2.45) is 0 Å². The number of carbonyl (C=O) groups excluding carboxylic acids is 1. The average Bonchev–Trinajstić information content (AvgIpc) is 2.47. The van der Waals surface area contributed by atoms with E-state index in [1.807, 2.05) is 24.3 Å². The molecule has 3 N–H and O–H groups in total. The summed E-state index contributed by atoms with van der Waals surface area (Å²) in [5, 5.41) is 15.0. The molecule has 21 heavy (non-hydrogen) atoms. The second kappa shape index (κ2) is 6.79. The molecular weight excluding hydrogens is 264 g/mol. The minimum absolute atomic E-state index is 0.118. The maximum absolute atomic E-state index is 12.1. The Labute approximate surface area is 124 Å². The zero-order valence-corrected chi connectivity index (χ0v) is 12.3. The minimum atomic E-state index is -0.323. The second-order valence-electron chi connectivity index (χ2n) is 5.03. The molecular formula is C17H20N2O2. The lowest BCUT2D eigenvalue weighted by Crippen LogP contribution is -2.20. The van der Waals surface area contributed by atoms with Gasteiger partial charge in [-0.25, -0.2) is 4.79 Å². The van der Waals surface area contributed by atoms with Gasteiger partial charge in [0.15, 0.2) is 0 Å². The summed E-state index contributed by atoms with van der Waals surface area (Å²) < 4.78 is 0. The van der Waals surface area contributed by atoms with Gasteiger partial charge in [-0.15, -0.1) is 0 Å². The van der Waals surface area contributed by atoms with Crippen LogP contribution in [0.5, 0.6) is 5.75 Å². The SMILES string of the molecule is CCC(C)c1ccccc1NC(=O)Nc1cccc(O)c1. The summed E-state index contributed by atoms with van der Waals surface area (Å²) in [7, 11) is 0. The first-order valence-electron chi connectivity index (χ1n) is 7.06. The molecule has 4 heteroatoms. The van der Waals surface area contributed by atoms with E-state index in [2.05, 4.69) is 24.5 Å². The lowest BCUT2D eigenvalue weighted by Gasteiger charge is -2.16. The van der Waals surface area contributed by atoms with Gasteiger partial charge >= 0.3 is 6.03 Å². The first-order valence-corrected chi connectivity index (χ1v) is 7.06. The van der Waals surface area contributed by atoms with Crippen LogP contribution in [0.25, 0.3) is 0 Å².